The minimum absolute atomic E-state index is 0.00758. The molecule has 2 rings (SSSR count). The van der Waals surface area contributed by atoms with E-state index in [1.165, 1.54) is 22.9 Å². The number of carboxylic acids is 1. The Morgan fingerprint density at radius 2 is 2.15 bits per heavy atom. The number of halogens is 1. The van der Waals surface area contributed by atoms with Crippen molar-refractivity contribution in [1.29, 1.82) is 0 Å². The molecule has 0 aliphatic carbocycles. The highest BCUT2D eigenvalue weighted by Gasteiger charge is 2.13. The van der Waals surface area contributed by atoms with Gasteiger partial charge in [-0.3, -0.25) is 0 Å². The molecule has 2 aromatic rings. The van der Waals surface area contributed by atoms with Crippen molar-refractivity contribution in [3.8, 4) is 5.69 Å². The molecule has 0 spiro atoms. The van der Waals surface area contributed by atoms with Crippen LogP contribution < -0.4 is 0 Å². The summed E-state index contributed by atoms with van der Waals surface area (Å²) >= 11 is 5.88. The van der Waals surface area contributed by atoms with E-state index in [-0.39, 0.29) is 22.9 Å². The number of aromatic nitrogens is 2. The van der Waals surface area contributed by atoms with Crippen molar-refractivity contribution in [1.82, 2.24) is 9.78 Å². The number of carbonyl (C=O) groups excluding carboxylic acids is 1. The molecule has 1 aromatic heterocycles. The van der Waals surface area contributed by atoms with Crippen molar-refractivity contribution in [3.63, 3.8) is 0 Å². The molecule has 0 aliphatic rings. The molecule has 0 fully saturated rings. The summed E-state index contributed by atoms with van der Waals surface area (Å²) in [5, 5.41) is 13.0. The van der Waals surface area contributed by atoms with Gasteiger partial charge in [0.2, 0.25) is 0 Å². The molecule has 1 N–H and O–H groups in total. The highest BCUT2D eigenvalue weighted by Crippen LogP contribution is 2.20. The predicted octanol–water partition coefficient (Wildman–Crippen LogP) is 2.40. The SMILES string of the molecule is CCOC(=O)c1ccn(-c2ccc(C(=O)O)c(Cl)c2)n1. The molecular formula is C13H11ClN2O4. The molecule has 0 aliphatic heterocycles. The van der Waals surface area contributed by atoms with Gasteiger partial charge in [-0.25, -0.2) is 14.3 Å². The van der Waals surface area contributed by atoms with Crippen molar-refractivity contribution in [3.05, 3.63) is 46.7 Å². The van der Waals surface area contributed by atoms with Crippen LogP contribution in [0.15, 0.2) is 30.5 Å². The van der Waals surface area contributed by atoms with Crippen LogP contribution in [-0.2, 0) is 4.74 Å². The van der Waals surface area contributed by atoms with Gasteiger partial charge >= 0.3 is 11.9 Å². The van der Waals surface area contributed by atoms with Gasteiger partial charge in [-0.2, -0.15) is 5.10 Å². The predicted molar refractivity (Wildman–Crippen MR) is 71.5 cm³/mol. The number of hydrogen-bond donors (Lipinski definition) is 1. The van der Waals surface area contributed by atoms with Crippen LogP contribution in [0.2, 0.25) is 5.02 Å². The van der Waals surface area contributed by atoms with Crippen LogP contribution in [0.25, 0.3) is 5.69 Å². The summed E-state index contributed by atoms with van der Waals surface area (Å²) in [4.78, 5) is 22.4. The Hall–Kier alpha value is -2.34. The van der Waals surface area contributed by atoms with Crippen LogP contribution in [-0.4, -0.2) is 33.4 Å². The summed E-state index contributed by atoms with van der Waals surface area (Å²) in [6.45, 7) is 1.98. The zero-order valence-corrected chi connectivity index (χ0v) is 11.3. The van der Waals surface area contributed by atoms with E-state index in [2.05, 4.69) is 5.10 Å². The van der Waals surface area contributed by atoms with E-state index in [1.807, 2.05) is 0 Å². The summed E-state index contributed by atoms with van der Waals surface area (Å²) in [6.07, 6.45) is 1.57. The van der Waals surface area contributed by atoms with Gasteiger partial charge in [0.05, 0.1) is 22.9 Å². The first kappa shape index (κ1) is 14.1. The van der Waals surface area contributed by atoms with Crippen LogP contribution in [0.1, 0.15) is 27.8 Å². The van der Waals surface area contributed by atoms with Gasteiger partial charge in [0.1, 0.15) is 0 Å². The third kappa shape index (κ3) is 2.80. The van der Waals surface area contributed by atoms with Gasteiger partial charge in [0, 0.05) is 6.20 Å². The van der Waals surface area contributed by atoms with Gasteiger partial charge in [-0.15, -0.1) is 0 Å². The molecule has 0 radical (unpaired) electrons. The van der Waals surface area contributed by atoms with Crippen LogP contribution in [0.5, 0.6) is 0 Å². The van der Waals surface area contributed by atoms with Crippen molar-refractivity contribution in [2.24, 2.45) is 0 Å². The lowest BCUT2D eigenvalue weighted by molar-refractivity contribution is 0.0518. The first-order valence-corrected chi connectivity index (χ1v) is 6.16. The van der Waals surface area contributed by atoms with E-state index in [1.54, 1.807) is 19.2 Å². The Labute approximate surface area is 119 Å². The number of rotatable bonds is 4. The highest BCUT2D eigenvalue weighted by molar-refractivity contribution is 6.33. The summed E-state index contributed by atoms with van der Waals surface area (Å²) in [5.41, 5.74) is 0.731. The second-order valence-electron chi connectivity index (χ2n) is 3.84. The number of esters is 1. The third-order valence-electron chi connectivity index (χ3n) is 2.52. The molecule has 20 heavy (non-hydrogen) atoms. The maximum Gasteiger partial charge on any atom is 0.358 e. The van der Waals surface area contributed by atoms with E-state index in [4.69, 9.17) is 21.4 Å². The van der Waals surface area contributed by atoms with E-state index in [0.29, 0.717) is 5.69 Å². The average Bonchev–Trinajstić information content (AvgIpc) is 2.88. The Bertz CT molecular complexity index is 666. The van der Waals surface area contributed by atoms with Gasteiger partial charge in [-0.05, 0) is 31.2 Å². The first-order valence-electron chi connectivity index (χ1n) is 5.79. The molecule has 0 atom stereocenters. The lowest BCUT2D eigenvalue weighted by Crippen LogP contribution is -2.07. The summed E-state index contributed by atoms with van der Waals surface area (Å²) in [6, 6.07) is 5.91. The molecule has 0 amide bonds. The average molecular weight is 295 g/mol. The zero-order chi connectivity index (χ0) is 14.7. The quantitative estimate of drug-likeness (QED) is 0.876. The highest BCUT2D eigenvalue weighted by atomic mass is 35.5. The largest absolute Gasteiger partial charge is 0.478 e. The van der Waals surface area contributed by atoms with E-state index < -0.39 is 11.9 Å². The zero-order valence-electron chi connectivity index (χ0n) is 10.5. The third-order valence-corrected chi connectivity index (χ3v) is 2.83. The normalized spacial score (nSPS) is 10.3. The number of ether oxygens (including phenoxy) is 1. The Morgan fingerprint density at radius 3 is 2.75 bits per heavy atom. The maximum absolute atomic E-state index is 11.5. The lowest BCUT2D eigenvalue weighted by atomic mass is 10.2. The number of benzene rings is 1. The minimum Gasteiger partial charge on any atom is -0.478 e. The standard InChI is InChI=1S/C13H11ClN2O4/c1-2-20-13(19)11-5-6-16(15-11)8-3-4-9(12(17)18)10(14)7-8/h3-7H,2H2,1H3,(H,17,18). The second kappa shape index (κ2) is 5.75. The number of nitrogens with zero attached hydrogens (tertiary/aromatic N) is 2. The molecule has 0 bridgehead atoms. The van der Waals surface area contributed by atoms with Crippen LogP contribution in [0, 0.1) is 0 Å². The molecule has 7 heteroatoms. The van der Waals surface area contributed by atoms with Crippen molar-refractivity contribution in [2.75, 3.05) is 6.61 Å². The summed E-state index contributed by atoms with van der Waals surface area (Å²) in [7, 11) is 0. The summed E-state index contributed by atoms with van der Waals surface area (Å²) < 4.78 is 6.25. The fraction of sp³-hybridized carbons (Fsp3) is 0.154. The fourth-order valence-corrected chi connectivity index (χ4v) is 1.86. The topological polar surface area (TPSA) is 81.4 Å². The molecule has 0 saturated heterocycles. The fourth-order valence-electron chi connectivity index (χ4n) is 1.60. The van der Waals surface area contributed by atoms with Crippen molar-refractivity contribution < 1.29 is 19.4 Å². The second-order valence-corrected chi connectivity index (χ2v) is 4.24. The van der Waals surface area contributed by atoms with Crippen LogP contribution in [0.3, 0.4) is 0 Å². The molecule has 1 heterocycles. The Balaban J connectivity index is 2.31. The van der Waals surface area contributed by atoms with Crippen LogP contribution in [0.4, 0.5) is 0 Å². The number of carboxylic acid groups (broad SMARTS) is 1. The molecule has 1 aromatic carbocycles. The van der Waals surface area contributed by atoms with Gasteiger partial charge in [0.15, 0.2) is 5.69 Å². The van der Waals surface area contributed by atoms with E-state index in [0.717, 1.165) is 0 Å². The monoisotopic (exact) mass is 294 g/mol. The summed E-state index contributed by atoms with van der Waals surface area (Å²) in [5.74, 6) is -1.62. The van der Waals surface area contributed by atoms with Gasteiger partial charge in [0.25, 0.3) is 0 Å². The number of hydrogen-bond acceptors (Lipinski definition) is 4. The van der Waals surface area contributed by atoms with E-state index in [9.17, 15) is 9.59 Å². The minimum atomic E-state index is -1.10. The smallest absolute Gasteiger partial charge is 0.358 e. The maximum atomic E-state index is 11.5. The lowest BCUT2D eigenvalue weighted by Gasteiger charge is -2.04. The number of aromatic carboxylic acids is 1. The molecule has 0 saturated carbocycles. The van der Waals surface area contributed by atoms with Gasteiger partial charge < -0.3 is 9.84 Å². The molecular weight excluding hydrogens is 284 g/mol. The van der Waals surface area contributed by atoms with Crippen LogP contribution >= 0.6 is 11.6 Å². The Kier molecular flexibility index (Phi) is 4.05. The molecule has 0 unspecified atom stereocenters. The first-order chi connectivity index (χ1) is 9.52. The van der Waals surface area contributed by atoms with Gasteiger partial charge in [-0.1, -0.05) is 11.6 Å². The van der Waals surface area contributed by atoms with Crippen molar-refractivity contribution in [2.45, 2.75) is 6.92 Å². The number of carbonyl (C=O) groups is 2. The van der Waals surface area contributed by atoms with E-state index >= 15 is 0 Å². The van der Waals surface area contributed by atoms with Crippen molar-refractivity contribution >= 4 is 23.5 Å². The molecule has 6 nitrogen and oxygen atoms in total. The molecule has 104 valence electrons. The Morgan fingerprint density at radius 1 is 1.40 bits per heavy atom.